The Bertz CT molecular complexity index is 430. The Morgan fingerprint density at radius 3 is 2.89 bits per heavy atom. The fourth-order valence-corrected chi connectivity index (χ4v) is 1.69. The third kappa shape index (κ3) is 3.93. The molecule has 1 aliphatic rings. The Morgan fingerprint density at radius 1 is 1.50 bits per heavy atom. The van der Waals surface area contributed by atoms with Crippen LogP contribution >= 0.6 is 11.6 Å². The summed E-state index contributed by atoms with van der Waals surface area (Å²) in [7, 11) is 1.64. The molecule has 0 radical (unpaired) electrons. The van der Waals surface area contributed by atoms with Gasteiger partial charge >= 0.3 is 0 Å². The maximum Gasteiger partial charge on any atom is 0.128 e. The third-order valence-corrected chi connectivity index (χ3v) is 2.93. The van der Waals surface area contributed by atoms with Gasteiger partial charge in [-0.25, -0.2) is 0 Å². The fourth-order valence-electron chi connectivity index (χ4n) is 1.64. The van der Waals surface area contributed by atoms with E-state index in [2.05, 4.69) is 11.9 Å². The molecule has 1 saturated carbocycles. The van der Waals surface area contributed by atoms with E-state index in [1.807, 2.05) is 18.2 Å². The van der Waals surface area contributed by atoms with Crippen molar-refractivity contribution < 1.29 is 9.47 Å². The van der Waals surface area contributed by atoms with E-state index in [1.54, 1.807) is 7.11 Å². The van der Waals surface area contributed by atoms with Gasteiger partial charge in [-0.15, -0.1) is 0 Å². The predicted octanol–water partition coefficient (Wildman–Crippen LogP) is 3.08. The van der Waals surface area contributed by atoms with Crippen molar-refractivity contribution in [1.82, 2.24) is 5.32 Å². The van der Waals surface area contributed by atoms with Crippen LogP contribution in [0.15, 0.2) is 29.8 Å². The average molecular weight is 268 g/mol. The second kappa shape index (κ2) is 6.12. The van der Waals surface area contributed by atoms with Gasteiger partial charge < -0.3 is 14.8 Å². The molecule has 1 aliphatic carbocycles. The van der Waals surface area contributed by atoms with Gasteiger partial charge in [0.15, 0.2) is 0 Å². The van der Waals surface area contributed by atoms with Crippen LogP contribution in [0.25, 0.3) is 0 Å². The lowest BCUT2D eigenvalue weighted by Crippen LogP contribution is -2.16. The van der Waals surface area contributed by atoms with Gasteiger partial charge in [0.05, 0.1) is 7.11 Å². The summed E-state index contributed by atoms with van der Waals surface area (Å²) in [5.74, 6) is 1.57. The van der Waals surface area contributed by atoms with Crippen molar-refractivity contribution in [3.05, 3.63) is 35.4 Å². The molecule has 0 saturated heterocycles. The molecule has 0 heterocycles. The SMILES string of the molecule is C=C(Cl)COc1cc(OC)ccc1CNC1CC1. The Balaban J connectivity index is 2.05. The van der Waals surface area contributed by atoms with Gasteiger partial charge in [-0.3, -0.25) is 0 Å². The van der Waals surface area contributed by atoms with Crippen molar-refractivity contribution in [3.63, 3.8) is 0 Å². The summed E-state index contributed by atoms with van der Waals surface area (Å²) in [5, 5.41) is 3.95. The molecule has 4 heteroatoms. The highest BCUT2D eigenvalue weighted by atomic mass is 35.5. The van der Waals surface area contributed by atoms with E-state index in [9.17, 15) is 0 Å². The molecule has 0 aromatic heterocycles. The van der Waals surface area contributed by atoms with Crippen LogP contribution in [0.4, 0.5) is 0 Å². The van der Waals surface area contributed by atoms with Crippen LogP contribution in [0, 0.1) is 0 Å². The van der Waals surface area contributed by atoms with Crippen LogP contribution in [-0.2, 0) is 6.54 Å². The number of hydrogen-bond donors (Lipinski definition) is 1. The van der Waals surface area contributed by atoms with E-state index in [4.69, 9.17) is 21.1 Å². The molecule has 3 nitrogen and oxygen atoms in total. The minimum atomic E-state index is 0.311. The molecule has 18 heavy (non-hydrogen) atoms. The average Bonchev–Trinajstić information content (AvgIpc) is 3.18. The Hall–Kier alpha value is -1.19. The lowest BCUT2D eigenvalue weighted by Gasteiger charge is -2.13. The number of rotatable bonds is 7. The van der Waals surface area contributed by atoms with Crippen LogP contribution in [0.3, 0.4) is 0 Å². The van der Waals surface area contributed by atoms with Gasteiger partial charge in [-0.2, -0.15) is 0 Å². The van der Waals surface area contributed by atoms with Gasteiger partial charge in [0.25, 0.3) is 0 Å². The molecule has 1 aromatic carbocycles. The topological polar surface area (TPSA) is 30.5 Å². The first kappa shape index (κ1) is 13.2. The zero-order valence-corrected chi connectivity index (χ0v) is 11.3. The monoisotopic (exact) mass is 267 g/mol. The van der Waals surface area contributed by atoms with Crippen molar-refractivity contribution in [1.29, 1.82) is 0 Å². The molecular weight excluding hydrogens is 250 g/mol. The minimum absolute atomic E-state index is 0.311. The van der Waals surface area contributed by atoms with Crippen molar-refractivity contribution in [2.75, 3.05) is 13.7 Å². The first-order valence-electron chi connectivity index (χ1n) is 6.05. The lowest BCUT2D eigenvalue weighted by molar-refractivity contribution is 0.348. The van der Waals surface area contributed by atoms with E-state index in [0.29, 0.717) is 17.7 Å². The van der Waals surface area contributed by atoms with Crippen LogP contribution < -0.4 is 14.8 Å². The van der Waals surface area contributed by atoms with Gasteiger partial charge in [0.1, 0.15) is 18.1 Å². The normalized spacial score (nSPS) is 14.3. The third-order valence-electron chi connectivity index (χ3n) is 2.82. The van der Waals surface area contributed by atoms with Gasteiger partial charge in [-0.1, -0.05) is 24.2 Å². The van der Waals surface area contributed by atoms with Crippen LogP contribution in [0.2, 0.25) is 0 Å². The summed E-state index contributed by atoms with van der Waals surface area (Å²) in [6, 6.07) is 6.50. The van der Waals surface area contributed by atoms with Crippen molar-refractivity contribution in [2.24, 2.45) is 0 Å². The lowest BCUT2D eigenvalue weighted by atomic mass is 10.2. The van der Waals surface area contributed by atoms with Crippen molar-refractivity contribution in [2.45, 2.75) is 25.4 Å². The van der Waals surface area contributed by atoms with E-state index in [-0.39, 0.29) is 0 Å². The van der Waals surface area contributed by atoms with E-state index in [1.165, 1.54) is 12.8 Å². The van der Waals surface area contributed by atoms with Crippen LogP contribution in [-0.4, -0.2) is 19.8 Å². The fraction of sp³-hybridized carbons (Fsp3) is 0.429. The second-order valence-electron chi connectivity index (χ2n) is 4.43. The molecule has 0 spiro atoms. The highest BCUT2D eigenvalue weighted by molar-refractivity contribution is 6.29. The summed E-state index contributed by atoms with van der Waals surface area (Å²) >= 11 is 5.72. The molecule has 0 unspecified atom stereocenters. The Labute approximate surface area is 113 Å². The summed E-state index contributed by atoms with van der Waals surface area (Å²) in [6.45, 7) is 4.74. The summed E-state index contributed by atoms with van der Waals surface area (Å²) in [6.07, 6.45) is 2.54. The molecule has 98 valence electrons. The van der Waals surface area contributed by atoms with Crippen LogP contribution in [0.1, 0.15) is 18.4 Å². The predicted molar refractivity (Wildman–Crippen MR) is 73.3 cm³/mol. The van der Waals surface area contributed by atoms with Crippen molar-refractivity contribution >= 4 is 11.6 Å². The number of nitrogens with one attached hydrogen (secondary N) is 1. The first-order chi connectivity index (χ1) is 8.69. The van der Waals surface area contributed by atoms with Gasteiger partial charge in [-0.05, 0) is 18.9 Å². The summed E-state index contributed by atoms with van der Waals surface area (Å²) < 4.78 is 10.8. The van der Waals surface area contributed by atoms with E-state index in [0.717, 1.165) is 23.6 Å². The molecule has 0 atom stereocenters. The number of hydrogen-bond acceptors (Lipinski definition) is 3. The molecule has 0 bridgehead atoms. The highest BCUT2D eigenvalue weighted by Crippen LogP contribution is 2.27. The molecule has 1 N–H and O–H groups in total. The van der Waals surface area contributed by atoms with Gasteiger partial charge in [0, 0.05) is 29.2 Å². The number of ether oxygens (including phenoxy) is 2. The minimum Gasteiger partial charge on any atom is -0.497 e. The molecule has 1 fully saturated rings. The van der Waals surface area contributed by atoms with E-state index < -0.39 is 0 Å². The largest absolute Gasteiger partial charge is 0.497 e. The molecule has 0 aliphatic heterocycles. The molecule has 1 aromatic rings. The van der Waals surface area contributed by atoms with E-state index >= 15 is 0 Å². The molecule has 2 rings (SSSR count). The Morgan fingerprint density at radius 2 is 2.28 bits per heavy atom. The zero-order valence-electron chi connectivity index (χ0n) is 10.5. The summed E-state index contributed by atoms with van der Waals surface area (Å²) in [5.41, 5.74) is 1.11. The van der Waals surface area contributed by atoms with Crippen molar-refractivity contribution in [3.8, 4) is 11.5 Å². The smallest absolute Gasteiger partial charge is 0.128 e. The second-order valence-corrected chi connectivity index (χ2v) is 4.97. The van der Waals surface area contributed by atoms with Gasteiger partial charge in [0.2, 0.25) is 0 Å². The summed E-state index contributed by atoms with van der Waals surface area (Å²) in [4.78, 5) is 0. The number of benzene rings is 1. The molecular formula is C14H18ClNO2. The standard InChI is InChI=1S/C14H18ClNO2/c1-10(15)9-18-14-7-13(17-2)6-3-11(14)8-16-12-4-5-12/h3,6-7,12,16H,1,4-5,8-9H2,2H3. The zero-order chi connectivity index (χ0) is 13.0. The number of methoxy groups -OCH3 is 1. The van der Waals surface area contributed by atoms with Crippen LogP contribution in [0.5, 0.6) is 11.5 Å². The highest BCUT2D eigenvalue weighted by Gasteiger charge is 2.20. The maximum absolute atomic E-state index is 5.72. The quantitative estimate of drug-likeness (QED) is 0.824. The number of halogens is 1. The molecule has 0 amide bonds. The first-order valence-corrected chi connectivity index (χ1v) is 6.43. The maximum atomic E-state index is 5.72. The Kier molecular flexibility index (Phi) is 4.50.